The second-order valence-electron chi connectivity index (χ2n) is 8.70. The van der Waals surface area contributed by atoms with E-state index in [4.69, 9.17) is 4.74 Å². The molecule has 0 radical (unpaired) electrons. The highest BCUT2D eigenvalue weighted by molar-refractivity contribution is 7.99. The quantitative estimate of drug-likeness (QED) is 0.410. The molecule has 2 aromatic carbocycles. The first-order chi connectivity index (χ1) is 15.5. The first kappa shape index (κ1) is 26.2. The van der Waals surface area contributed by atoms with Crippen molar-refractivity contribution in [3.8, 4) is 5.75 Å². The minimum Gasteiger partial charge on any atom is -0.497 e. The number of hydrogen-bond donors (Lipinski definition) is 1. The van der Waals surface area contributed by atoms with E-state index in [2.05, 4.69) is 5.32 Å². The van der Waals surface area contributed by atoms with E-state index < -0.39 is 16.5 Å². The molecule has 2 aromatic rings. The Bertz CT molecular complexity index is 956. The van der Waals surface area contributed by atoms with Crippen LogP contribution in [0.4, 0.5) is 5.69 Å². The Morgan fingerprint density at radius 1 is 1.09 bits per heavy atom. The second kappa shape index (κ2) is 11.7. The molecular weight excluding hydrogens is 442 g/mol. The zero-order valence-electron chi connectivity index (χ0n) is 19.7. The van der Waals surface area contributed by atoms with Gasteiger partial charge in [0.2, 0.25) is 11.8 Å². The third-order valence-corrected chi connectivity index (χ3v) is 5.81. The Morgan fingerprint density at radius 2 is 1.67 bits per heavy atom. The van der Waals surface area contributed by atoms with Crippen LogP contribution in [0.15, 0.2) is 48.5 Å². The van der Waals surface area contributed by atoms with Gasteiger partial charge in [0, 0.05) is 30.0 Å². The van der Waals surface area contributed by atoms with Crippen LogP contribution in [0.1, 0.15) is 38.8 Å². The average molecular weight is 474 g/mol. The van der Waals surface area contributed by atoms with Crippen LogP contribution in [-0.2, 0) is 21.9 Å². The van der Waals surface area contributed by atoms with E-state index in [0.717, 1.165) is 11.1 Å². The van der Waals surface area contributed by atoms with Crippen molar-refractivity contribution >= 4 is 29.3 Å². The topological polar surface area (TPSA) is 102 Å². The number of thioether (sulfide) groups is 1. The van der Waals surface area contributed by atoms with Gasteiger partial charge in [-0.2, -0.15) is 0 Å². The van der Waals surface area contributed by atoms with Gasteiger partial charge in [0.25, 0.3) is 5.69 Å². The predicted molar refractivity (Wildman–Crippen MR) is 130 cm³/mol. The maximum atomic E-state index is 13.1. The van der Waals surface area contributed by atoms with Gasteiger partial charge in [-0.25, -0.2) is 0 Å². The monoisotopic (exact) mass is 473 g/mol. The number of carbonyl (C=O) groups is 2. The lowest BCUT2D eigenvalue weighted by molar-refractivity contribution is -0.384. The van der Waals surface area contributed by atoms with E-state index in [1.54, 1.807) is 31.1 Å². The molecule has 178 valence electrons. The number of benzene rings is 2. The SMILES string of the molecule is COc1ccc(CN(C(=O)CSCc2ccc([N+](=O)[O-])cc2)[C@@H](C)C(=O)NC(C)(C)C)cc1. The molecule has 0 unspecified atom stereocenters. The third-order valence-electron chi connectivity index (χ3n) is 4.82. The van der Waals surface area contributed by atoms with Crippen molar-refractivity contribution in [2.45, 2.75) is 51.6 Å². The van der Waals surface area contributed by atoms with Gasteiger partial charge < -0.3 is 15.0 Å². The summed E-state index contributed by atoms with van der Waals surface area (Å²) < 4.78 is 5.19. The van der Waals surface area contributed by atoms with Crippen molar-refractivity contribution in [3.05, 3.63) is 69.8 Å². The molecule has 8 nitrogen and oxygen atoms in total. The molecule has 0 aliphatic heterocycles. The lowest BCUT2D eigenvalue weighted by atomic mass is 10.1. The van der Waals surface area contributed by atoms with E-state index in [-0.39, 0.29) is 23.3 Å². The van der Waals surface area contributed by atoms with Gasteiger partial charge in [0.15, 0.2) is 0 Å². The standard InChI is InChI=1S/C24H31N3O5S/c1-17(23(29)25-24(2,3)4)26(14-18-8-12-21(32-5)13-9-18)22(28)16-33-15-19-6-10-20(11-7-19)27(30)31/h6-13,17H,14-16H2,1-5H3,(H,25,29)/t17-/m0/s1. The summed E-state index contributed by atoms with van der Waals surface area (Å²) in [5, 5.41) is 13.7. The average Bonchev–Trinajstić information content (AvgIpc) is 2.76. The lowest BCUT2D eigenvalue weighted by Gasteiger charge is -2.31. The number of methoxy groups -OCH3 is 1. The smallest absolute Gasteiger partial charge is 0.269 e. The Morgan fingerprint density at radius 3 is 2.18 bits per heavy atom. The number of hydrogen-bond acceptors (Lipinski definition) is 6. The highest BCUT2D eigenvalue weighted by Gasteiger charge is 2.28. The summed E-state index contributed by atoms with van der Waals surface area (Å²) in [4.78, 5) is 37.8. The van der Waals surface area contributed by atoms with Crippen LogP contribution < -0.4 is 10.1 Å². The molecule has 0 saturated heterocycles. The number of nitrogens with zero attached hydrogens (tertiary/aromatic N) is 2. The molecule has 0 saturated carbocycles. The molecular formula is C24H31N3O5S. The van der Waals surface area contributed by atoms with Crippen LogP contribution in [0.3, 0.4) is 0 Å². The van der Waals surface area contributed by atoms with Gasteiger partial charge in [-0.3, -0.25) is 19.7 Å². The molecule has 1 N–H and O–H groups in total. The van der Waals surface area contributed by atoms with Crippen molar-refractivity contribution < 1.29 is 19.2 Å². The van der Waals surface area contributed by atoms with Gasteiger partial charge in [0.05, 0.1) is 17.8 Å². The van der Waals surface area contributed by atoms with Crippen LogP contribution >= 0.6 is 11.8 Å². The number of nitrogens with one attached hydrogen (secondary N) is 1. The number of amides is 2. The van der Waals surface area contributed by atoms with E-state index in [9.17, 15) is 19.7 Å². The summed E-state index contributed by atoms with van der Waals surface area (Å²) >= 11 is 1.40. The zero-order valence-corrected chi connectivity index (χ0v) is 20.5. The molecule has 33 heavy (non-hydrogen) atoms. The Labute approximate surface area is 198 Å². The van der Waals surface area contributed by atoms with Gasteiger partial charge in [-0.05, 0) is 51.0 Å². The second-order valence-corrected chi connectivity index (χ2v) is 9.69. The molecule has 0 spiro atoms. The molecule has 0 heterocycles. The fraction of sp³-hybridized carbons (Fsp3) is 0.417. The van der Waals surface area contributed by atoms with Crippen molar-refractivity contribution in [1.82, 2.24) is 10.2 Å². The van der Waals surface area contributed by atoms with Gasteiger partial charge in [-0.15, -0.1) is 11.8 Å². The van der Waals surface area contributed by atoms with Crippen molar-refractivity contribution in [3.63, 3.8) is 0 Å². The fourth-order valence-electron chi connectivity index (χ4n) is 3.04. The lowest BCUT2D eigenvalue weighted by Crippen LogP contribution is -2.52. The van der Waals surface area contributed by atoms with Gasteiger partial charge in [0.1, 0.15) is 11.8 Å². The van der Waals surface area contributed by atoms with Crippen LogP contribution in [0, 0.1) is 10.1 Å². The van der Waals surface area contributed by atoms with Crippen molar-refractivity contribution in [2.75, 3.05) is 12.9 Å². The highest BCUT2D eigenvalue weighted by Crippen LogP contribution is 2.20. The van der Waals surface area contributed by atoms with Crippen molar-refractivity contribution in [1.29, 1.82) is 0 Å². The summed E-state index contributed by atoms with van der Waals surface area (Å²) in [6.45, 7) is 7.71. The van der Waals surface area contributed by atoms with E-state index in [1.807, 2.05) is 45.0 Å². The first-order valence-corrected chi connectivity index (χ1v) is 11.7. The number of carbonyl (C=O) groups excluding carboxylic acids is 2. The number of rotatable bonds is 10. The van der Waals surface area contributed by atoms with E-state index >= 15 is 0 Å². The first-order valence-electron chi connectivity index (χ1n) is 10.6. The Hall–Kier alpha value is -3.07. The minimum atomic E-state index is -0.654. The molecule has 0 aliphatic carbocycles. The van der Waals surface area contributed by atoms with Crippen molar-refractivity contribution in [2.24, 2.45) is 0 Å². The number of ether oxygens (including phenoxy) is 1. The van der Waals surface area contributed by atoms with Crippen LogP contribution in [0.2, 0.25) is 0 Å². The van der Waals surface area contributed by atoms with Crippen LogP contribution in [0.25, 0.3) is 0 Å². The molecule has 1 atom stereocenters. The Balaban J connectivity index is 2.08. The maximum Gasteiger partial charge on any atom is 0.269 e. The summed E-state index contributed by atoms with van der Waals surface area (Å²) in [6, 6.07) is 13.0. The number of nitro benzene ring substituents is 1. The highest BCUT2D eigenvalue weighted by atomic mass is 32.2. The Kier molecular flexibility index (Phi) is 9.28. The van der Waals surface area contributed by atoms with Crippen LogP contribution in [0.5, 0.6) is 5.75 Å². The maximum absolute atomic E-state index is 13.1. The molecule has 0 fully saturated rings. The summed E-state index contributed by atoms with van der Waals surface area (Å²) in [5.41, 5.74) is 1.40. The van der Waals surface area contributed by atoms with E-state index in [1.165, 1.54) is 23.9 Å². The predicted octanol–water partition coefficient (Wildman–Crippen LogP) is 4.17. The third kappa shape index (κ3) is 8.42. The number of non-ortho nitro benzene ring substituents is 1. The molecule has 0 aromatic heterocycles. The zero-order chi connectivity index (χ0) is 24.6. The van der Waals surface area contributed by atoms with Crippen LogP contribution in [-0.4, -0.2) is 46.1 Å². The molecule has 9 heteroatoms. The molecule has 2 amide bonds. The summed E-state index contributed by atoms with van der Waals surface area (Å²) in [7, 11) is 1.59. The van der Waals surface area contributed by atoms with Gasteiger partial charge >= 0.3 is 0 Å². The van der Waals surface area contributed by atoms with E-state index in [0.29, 0.717) is 18.0 Å². The molecule has 2 rings (SSSR count). The summed E-state index contributed by atoms with van der Waals surface area (Å²) in [6.07, 6.45) is 0. The van der Waals surface area contributed by atoms with Gasteiger partial charge in [-0.1, -0.05) is 24.3 Å². The largest absolute Gasteiger partial charge is 0.497 e. The normalized spacial score (nSPS) is 12.0. The molecule has 0 bridgehead atoms. The summed E-state index contributed by atoms with van der Waals surface area (Å²) in [5.74, 6) is 1.05. The number of nitro groups is 1. The minimum absolute atomic E-state index is 0.0316. The fourth-order valence-corrected chi connectivity index (χ4v) is 3.91. The molecule has 0 aliphatic rings.